The van der Waals surface area contributed by atoms with Crippen LogP contribution in [-0.2, 0) is 0 Å². The molecule has 0 unspecified atom stereocenters. The number of nitrogens with zero attached hydrogens (tertiary/aromatic N) is 3. The van der Waals surface area contributed by atoms with Gasteiger partial charge in [-0.05, 0) is 36.4 Å². The fraction of sp³-hybridized carbons (Fsp3) is 0.0385. The van der Waals surface area contributed by atoms with Gasteiger partial charge in [0.15, 0.2) is 0 Å². The number of amides is 1. The first-order chi connectivity index (χ1) is 15.7. The van der Waals surface area contributed by atoms with E-state index in [2.05, 4.69) is 17.1 Å². The first-order valence-corrected chi connectivity index (χ1v) is 10.1. The van der Waals surface area contributed by atoms with Gasteiger partial charge in [-0.25, -0.2) is 10.1 Å². The smallest absolute Gasteiger partial charge is 0.271 e. The molecule has 6 nitrogen and oxygen atoms in total. The van der Waals surface area contributed by atoms with Crippen molar-refractivity contribution in [2.24, 2.45) is 5.10 Å². The number of carbonyl (C=O) groups is 1. The van der Waals surface area contributed by atoms with E-state index in [0.29, 0.717) is 17.9 Å². The number of hydrazone groups is 1. The number of para-hydroxylation sites is 1. The third-order valence-electron chi connectivity index (χ3n) is 4.66. The standard InChI is InChI=1S/C26H22N4O2/c1-2-17-32-24-15-13-21(14-16-24)26(31)28-27-18-22-19-30(23-11-7-4-8-12-23)29-25(22)20-9-5-3-6-10-20/h2-16,18-19H,1,17H2,(H,28,31). The third-order valence-corrected chi connectivity index (χ3v) is 4.66. The summed E-state index contributed by atoms with van der Waals surface area (Å²) in [5.41, 5.74) is 6.52. The molecular formula is C26H22N4O2. The van der Waals surface area contributed by atoms with Gasteiger partial charge in [0.2, 0.25) is 0 Å². The number of hydrogen-bond acceptors (Lipinski definition) is 4. The second kappa shape index (κ2) is 10.0. The van der Waals surface area contributed by atoms with E-state index < -0.39 is 0 Å². The van der Waals surface area contributed by atoms with E-state index in [4.69, 9.17) is 9.84 Å². The van der Waals surface area contributed by atoms with Crippen LogP contribution in [-0.4, -0.2) is 28.5 Å². The van der Waals surface area contributed by atoms with E-state index in [9.17, 15) is 4.79 Å². The summed E-state index contributed by atoms with van der Waals surface area (Å²) in [6.07, 6.45) is 5.16. The number of benzene rings is 3. The van der Waals surface area contributed by atoms with Crippen molar-refractivity contribution >= 4 is 12.1 Å². The lowest BCUT2D eigenvalue weighted by Gasteiger charge is -2.04. The summed E-state index contributed by atoms with van der Waals surface area (Å²) in [6, 6.07) is 26.5. The van der Waals surface area contributed by atoms with Crippen LogP contribution in [0.5, 0.6) is 5.75 Å². The van der Waals surface area contributed by atoms with Crippen molar-refractivity contribution < 1.29 is 9.53 Å². The Bertz CT molecular complexity index is 1210. The van der Waals surface area contributed by atoms with Crippen LogP contribution in [0.3, 0.4) is 0 Å². The SMILES string of the molecule is C=CCOc1ccc(C(=O)NN=Cc2cn(-c3ccccc3)nc2-c2ccccc2)cc1. The van der Waals surface area contributed by atoms with Crippen molar-refractivity contribution in [2.45, 2.75) is 0 Å². The summed E-state index contributed by atoms with van der Waals surface area (Å²) in [6.45, 7) is 4.03. The summed E-state index contributed by atoms with van der Waals surface area (Å²) in [5, 5.41) is 8.89. The molecule has 6 heteroatoms. The maximum absolute atomic E-state index is 12.4. The van der Waals surface area contributed by atoms with Gasteiger partial charge >= 0.3 is 0 Å². The average molecular weight is 422 g/mol. The van der Waals surface area contributed by atoms with E-state index in [-0.39, 0.29) is 5.91 Å². The van der Waals surface area contributed by atoms with E-state index in [1.165, 1.54) is 0 Å². The minimum absolute atomic E-state index is 0.312. The Hall–Kier alpha value is -4.45. The van der Waals surface area contributed by atoms with E-state index in [0.717, 1.165) is 22.5 Å². The molecule has 0 fully saturated rings. The molecule has 0 spiro atoms. The van der Waals surface area contributed by atoms with Gasteiger partial charge in [-0.3, -0.25) is 4.79 Å². The zero-order valence-electron chi connectivity index (χ0n) is 17.4. The molecule has 0 radical (unpaired) electrons. The van der Waals surface area contributed by atoms with Crippen LogP contribution in [0.15, 0.2) is 109 Å². The molecule has 0 atom stereocenters. The Labute approximate surface area is 186 Å². The Morgan fingerprint density at radius 3 is 2.38 bits per heavy atom. The second-order valence-corrected chi connectivity index (χ2v) is 6.90. The minimum Gasteiger partial charge on any atom is -0.490 e. The van der Waals surface area contributed by atoms with E-state index in [1.54, 1.807) is 41.2 Å². The average Bonchev–Trinajstić information content (AvgIpc) is 3.28. The maximum atomic E-state index is 12.4. The van der Waals surface area contributed by atoms with Crippen molar-refractivity contribution in [1.29, 1.82) is 0 Å². The molecule has 0 saturated heterocycles. The fourth-order valence-corrected chi connectivity index (χ4v) is 3.10. The van der Waals surface area contributed by atoms with Crippen molar-refractivity contribution in [3.63, 3.8) is 0 Å². The second-order valence-electron chi connectivity index (χ2n) is 6.90. The van der Waals surface area contributed by atoms with Gasteiger partial charge in [-0.1, -0.05) is 61.2 Å². The van der Waals surface area contributed by atoms with Crippen molar-refractivity contribution in [2.75, 3.05) is 6.61 Å². The number of carbonyl (C=O) groups excluding carboxylic acids is 1. The van der Waals surface area contributed by atoms with Crippen LogP contribution in [0.4, 0.5) is 0 Å². The van der Waals surface area contributed by atoms with Crippen LogP contribution >= 0.6 is 0 Å². The summed E-state index contributed by atoms with van der Waals surface area (Å²) in [5.74, 6) is 0.360. The van der Waals surface area contributed by atoms with Crippen molar-refractivity contribution in [3.8, 4) is 22.7 Å². The third kappa shape index (κ3) is 4.99. The highest BCUT2D eigenvalue weighted by atomic mass is 16.5. The molecule has 1 amide bonds. The predicted octanol–water partition coefficient (Wildman–Crippen LogP) is 4.87. The summed E-state index contributed by atoms with van der Waals surface area (Å²) in [7, 11) is 0. The molecule has 0 bridgehead atoms. The number of rotatable bonds is 8. The Balaban J connectivity index is 1.53. The van der Waals surface area contributed by atoms with Gasteiger partial charge in [0.25, 0.3) is 5.91 Å². The van der Waals surface area contributed by atoms with Gasteiger partial charge in [0, 0.05) is 22.9 Å². The van der Waals surface area contributed by atoms with Gasteiger partial charge in [0.1, 0.15) is 18.1 Å². The molecule has 0 aliphatic heterocycles. The highest BCUT2D eigenvalue weighted by Gasteiger charge is 2.11. The molecule has 3 aromatic carbocycles. The first-order valence-electron chi connectivity index (χ1n) is 10.1. The molecule has 4 aromatic rings. The first kappa shape index (κ1) is 20.8. The molecule has 158 valence electrons. The number of aromatic nitrogens is 2. The van der Waals surface area contributed by atoms with Crippen LogP contribution in [0, 0.1) is 0 Å². The molecule has 4 rings (SSSR count). The molecule has 32 heavy (non-hydrogen) atoms. The minimum atomic E-state index is -0.312. The largest absolute Gasteiger partial charge is 0.490 e. The lowest BCUT2D eigenvalue weighted by molar-refractivity contribution is 0.0955. The molecule has 0 aliphatic carbocycles. The zero-order valence-corrected chi connectivity index (χ0v) is 17.4. The van der Waals surface area contributed by atoms with Gasteiger partial charge in [-0.2, -0.15) is 10.2 Å². The monoisotopic (exact) mass is 422 g/mol. The summed E-state index contributed by atoms with van der Waals surface area (Å²) >= 11 is 0. The van der Waals surface area contributed by atoms with Crippen LogP contribution < -0.4 is 10.2 Å². The Kier molecular flexibility index (Phi) is 6.53. The van der Waals surface area contributed by atoms with Gasteiger partial charge in [0.05, 0.1) is 11.9 Å². The van der Waals surface area contributed by atoms with Crippen LogP contribution in [0.25, 0.3) is 16.9 Å². The number of ether oxygens (including phenoxy) is 1. The van der Waals surface area contributed by atoms with Crippen molar-refractivity contribution in [3.05, 3.63) is 115 Å². The van der Waals surface area contributed by atoms with Gasteiger partial charge < -0.3 is 4.74 Å². The summed E-state index contributed by atoms with van der Waals surface area (Å²) in [4.78, 5) is 12.4. The molecule has 1 aromatic heterocycles. The highest BCUT2D eigenvalue weighted by Crippen LogP contribution is 2.22. The van der Waals surface area contributed by atoms with E-state index in [1.807, 2.05) is 66.9 Å². The number of hydrogen-bond donors (Lipinski definition) is 1. The predicted molar refractivity (Wildman–Crippen MR) is 126 cm³/mol. The fourth-order valence-electron chi connectivity index (χ4n) is 3.10. The molecule has 0 saturated carbocycles. The number of nitrogens with one attached hydrogen (secondary N) is 1. The van der Waals surface area contributed by atoms with Crippen molar-refractivity contribution in [1.82, 2.24) is 15.2 Å². The zero-order chi connectivity index (χ0) is 22.2. The lowest BCUT2D eigenvalue weighted by Crippen LogP contribution is -2.17. The molecule has 1 N–H and O–H groups in total. The lowest BCUT2D eigenvalue weighted by atomic mass is 10.1. The van der Waals surface area contributed by atoms with E-state index >= 15 is 0 Å². The summed E-state index contributed by atoms with van der Waals surface area (Å²) < 4.78 is 7.23. The Morgan fingerprint density at radius 2 is 1.69 bits per heavy atom. The maximum Gasteiger partial charge on any atom is 0.271 e. The molecule has 1 heterocycles. The molecule has 0 aliphatic rings. The van der Waals surface area contributed by atoms with Crippen LogP contribution in [0.1, 0.15) is 15.9 Å². The van der Waals surface area contributed by atoms with Crippen LogP contribution in [0.2, 0.25) is 0 Å². The highest BCUT2D eigenvalue weighted by molar-refractivity contribution is 5.95. The molecular weight excluding hydrogens is 400 g/mol. The Morgan fingerprint density at radius 1 is 1.00 bits per heavy atom. The topological polar surface area (TPSA) is 68.5 Å². The normalized spacial score (nSPS) is 10.8. The quantitative estimate of drug-likeness (QED) is 0.250. The van der Waals surface area contributed by atoms with Gasteiger partial charge in [-0.15, -0.1) is 0 Å².